The molecular weight excluding hydrogens is 495 g/mol. The zero-order valence-electron chi connectivity index (χ0n) is 19.6. The first kappa shape index (κ1) is 25.4. The van der Waals surface area contributed by atoms with Crippen LogP contribution in [0.25, 0.3) is 10.9 Å². The van der Waals surface area contributed by atoms with Crippen molar-refractivity contribution >= 4 is 43.8 Å². The summed E-state index contributed by atoms with van der Waals surface area (Å²) >= 11 is 5.92. The Morgan fingerprint density at radius 1 is 1.17 bits per heavy atom. The Hall–Kier alpha value is -2.69. The summed E-state index contributed by atoms with van der Waals surface area (Å²) in [5.74, 6) is 1.41. The van der Waals surface area contributed by atoms with Gasteiger partial charge in [0, 0.05) is 36.5 Å². The molecule has 0 unspecified atom stereocenters. The van der Waals surface area contributed by atoms with Crippen LogP contribution in [0, 0.1) is 5.82 Å². The molecule has 35 heavy (non-hydrogen) atoms. The molecule has 188 valence electrons. The number of fused-ring (bicyclic) bond motifs is 1. The van der Waals surface area contributed by atoms with E-state index in [1.54, 1.807) is 19.2 Å². The summed E-state index contributed by atoms with van der Waals surface area (Å²) in [5, 5.41) is 3.91. The molecule has 0 spiro atoms. The van der Waals surface area contributed by atoms with Gasteiger partial charge in [-0.1, -0.05) is 11.6 Å². The molecule has 0 bridgehead atoms. The normalized spacial score (nSPS) is 15.3. The summed E-state index contributed by atoms with van der Waals surface area (Å²) < 4.78 is 48.1. The Morgan fingerprint density at radius 2 is 1.94 bits per heavy atom. The summed E-state index contributed by atoms with van der Waals surface area (Å²) in [4.78, 5) is 11.0. The molecule has 1 fully saturated rings. The summed E-state index contributed by atoms with van der Waals surface area (Å²) in [6.45, 7) is 2.44. The van der Waals surface area contributed by atoms with Gasteiger partial charge in [-0.3, -0.25) is 0 Å². The summed E-state index contributed by atoms with van der Waals surface area (Å²) in [6.07, 6.45) is 5.00. The number of sulfone groups is 1. The average Bonchev–Trinajstić information content (AvgIpc) is 2.82. The van der Waals surface area contributed by atoms with Crippen molar-refractivity contribution in [2.24, 2.45) is 0 Å². The van der Waals surface area contributed by atoms with Crippen LogP contribution < -0.4 is 14.8 Å². The van der Waals surface area contributed by atoms with E-state index in [4.69, 9.17) is 21.1 Å². The third-order valence-corrected chi connectivity index (χ3v) is 7.24. The minimum absolute atomic E-state index is 0.00412. The fourth-order valence-corrected chi connectivity index (χ4v) is 4.94. The lowest BCUT2D eigenvalue weighted by Gasteiger charge is -2.32. The van der Waals surface area contributed by atoms with Crippen molar-refractivity contribution in [3.8, 4) is 11.5 Å². The third kappa shape index (κ3) is 6.71. The van der Waals surface area contributed by atoms with Gasteiger partial charge >= 0.3 is 0 Å². The third-order valence-electron chi connectivity index (χ3n) is 5.92. The Kier molecular flexibility index (Phi) is 7.93. The lowest BCUT2D eigenvalue weighted by atomic mass is 10.1. The maximum atomic E-state index is 13.5. The molecule has 4 rings (SSSR count). The molecule has 0 amide bonds. The highest BCUT2D eigenvalue weighted by molar-refractivity contribution is 7.90. The van der Waals surface area contributed by atoms with Gasteiger partial charge in [0.1, 0.15) is 33.9 Å². The van der Waals surface area contributed by atoms with Gasteiger partial charge < -0.3 is 19.7 Å². The van der Waals surface area contributed by atoms with Crippen LogP contribution in [0.4, 0.5) is 15.9 Å². The number of anilines is 2. The summed E-state index contributed by atoms with van der Waals surface area (Å²) in [7, 11) is -1.35. The van der Waals surface area contributed by atoms with E-state index >= 15 is 0 Å². The van der Waals surface area contributed by atoms with E-state index in [1.807, 2.05) is 6.07 Å². The largest absolute Gasteiger partial charge is 0.493 e. The number of hydrogen-bond acceptors (Lipinski definition) is 8. The number of ether oxygens (including phenoxy) is 2. The molecule has 1 saturated heterocycles. The van der Waals surface area contributed by atoms with E-state index in [9.17, 15) is 12.8 Å². The number of nitrogens with one attached hydrogen (secondary N) is 1. The van der Waals surface area contributed by atoms with Crippen LogP contribution in [0.2, 0.25) is 5.02 Å². The Balaban J connectivity index is 1.48. The van der Waals surface area contributed by atoms with Gasteiger partial charge in [-0.05, 0) is 50.1 Å². The fraction of sp³-hybridized carbons (Fsp3) is 0.417. The van der Waals surface area contributed by atoms with Crippen molar-refractivity contribution in [3.63, 3.8) is 0 Å². The lowest BCUT2D eigenvalue weighted by molar-refractivity contribution is 0.0983. The van der Waals surface area contributed by atoms with Crippen LogP contribution in [0.5, 0.6) is 11.5 Å². The molecule has 0 aliphatic carbocycles. The molecule has 1 aliphatic rings. The highest BCUT2D eigenvalue weighted by Crippen LogP contribution is 2.36. The van der Waals surface area contributed by atoms with Crippen molar-refractivity contribution in [2.45, 2.75) is 25.4 Å². The minimum atomic E-state index is -2.93. The van der Waals surface area contributed by atoms with Crippen LogP contribution in [0.1, 0.15) is 19.3 Å². The highest BCUT2D eigenvalue weighted by Gasteiger charge is 2.22. The van der Waals surface area contributed by atoms with E-state index in [1.165, 1.54) is 24.7 Å². The molecule has 11 heteroatoms. The first-order chi connectivity index (χ1) is 16.7. The Labute approximate surface area is 209 Å². The van der Waals surface area contributed by atoms with Gasteiger partial charge in [-0.25, -0.2) is 22.8 Å². The van der Waals surface area contributed by atoms with Crippen molar-refractivity contribution in [1.82, 2.24) is 14.9 Å². The fourth-order valence-electron chi connectivity index (χ4n) is 4.11. The van der Waals surface area contributed by atoms with Crippen LogP contribution in [-0.2, 0) is 9.84 Å². The molecule has 3 aromatic rings. The number of likely N-dealkylation sites (tertiary alicyclic amines) is 1. The van der Waals surface area contributed by atoms with Crippen molar-refractivity contribution in [2.75, 3.05) is 44.1 Å². The predicted molar refractivity (Wildman–Crippen MR) is 135 cm³/mol. The van der Waals surface area contributed by atoms with E-state index in [2.05, 4.69) is 20.2 Å². The van der Waals surface area contributed by atoms with Crippen molar-refractivity contribution in [3.05, 3.63) is 47.5 Å². The number of benzene rings is 2. The predicted octanol–water partition coefficient (Wildman–Crippen LogP) is 4.45. The SMILES string of the molecule is COc1cc2ncnc(Nc3ccc(F)c(Cl)c3)c2cc1OC1CCN(CCCS(C)(=O)=O)CC1. The molecule has 2 heterocycles. The number of nitrogens with zero attached hydrogens (tertiary/aromatic N) is 3. The number of piperidine rings is 1. The summed E-state index contributed by atoms with van der Waals surface area (Å²) in [5.41, 5.74) is 1.26. The van der Waals surface area contributed by atoms with Crippen LogP contribution in [0.15, 0.2) is 36.7 Å². The van der Waals surface area contributed by atoms with Crippen molar-refractivity contribution < 1.29 is 22.3 Å². The maximum absolute atomic E-state index is 13.5. The first-order valence-electron chi connectivity index (χ1n) is 11.3. The lowest BCUT2D eigenvalue weighted by Crippen LogP contribution is -2.39. The van der Waals surface area contributed by atoms with E-state index in [0.29, 0.717) is 34.9 Å². The second-order valence-electron chi connectivity index (χ2n) is 8.64. The highest BCUT2D eigenvalue weighted by atomic mass is 35.5. The summed E-state index contributed by atoms with van der Waals surface area (Å²) in [6, 6.07) is 8.02. The van der Waals surface area contributed by atoms with E-state index < -0.39 is 15.7 Å². The Bertz CT molecular complexity index is 1300. The zero-order chi connectivity index (χ0) is 25.0. The molecule has 2 aromatic carbocycles. The minimum Gasteiger partial charge on any atom is -0.493 e. The van der Waals surface area contributed by atoms with Crippen molar-refractivity contribution in [1.29, 1.82) is 0 Å². The number of hydrogen-bond donors (Lipinski definition) is 1. The molecule has 0 radical (unpaired) electrons. The monoisotopic (exact) mass is 522 g/mol. The van der Waals surface area contributed by atoms with Gasteiger partial charge in [0.25, 0.3) is 0 Å². The zero-order valence-corrected chi connectivity index (χ0v) is 21.2. The molecule has 1 N–H and O–H groups in total. The molecule has 1 aliphatic heterocycles. The molecular formula is C24H28ClFN4O4S. The molecule has 0 atom stereocenters. The van der Waals surface area contributed by atoms with Crippen LogP contribution >= 0.6 is 11.6 Å². The standard InChI is InChI=1S/C24H28ClFN4O4S/c1-33-22-14-21-18(24(28-15-27-21)29-16-4-5-20(26)19(25)12-16)13-23(22)34-17-6-9-30(10-7-17)8-3-11-35(2,31)32/h4-5,12-15,17H,3,6-11H2,1-2H3,(H,27,28,29). The Morgan fingerprint density at radius 3 is 2.63 bits per heavy atom. The van der Waals surface area contributed by atoms with Gasteiger partial charge in [-0.2, -0.15) is 0 Å². The van der Waals surface area contributed by atoms with Gasteiger partial charge in [0.2, 0.25) is 0 Å². The first-order valence-corrected chi connectivity index (χ1v) is 13.8. The maximum Gasteiger partial charge on any atom is 0.162 e. The number of aromatic nitrogens is 2. The second kappa shape index (κ2) is 10.9. The number of rotatable bonds is 9. The smallest absolute Gasteiger partial charge is 0.162 e. The topological polar surface area (TPSA) is 93.7 Å². The van der Waals surface area contributed by atoms with Crippen LogP contribution in [0.3, 0.4) is 0 Å². The quantitative estimate of drug-likeness (QED) is 0.440. The van der Waals surface area contributed by atoms with Gasteiger partial charge in [0.05, 0.1) is 23.4 Å². The number of halogens is 2. The van der Waals surface area contributed by atoms with E-state index in [0.717, 1.165) is 37.9 Å². The number of methoxy groups -OCH3 is 1. The van der Waals surface area contributed by atoms with E-state index in [-0.39, 0.29) is 16.9 Å². The molecule has 0 saturated carbocycles. The molecule has 8 nitrogen and oxygen atoms in total. The molecule has 1 aromatic heterocycles. The average molecular weight is 523 g/mol. The van der Waals surface area contributed by atoms with Crippen LogP contribution in [-0.4, -0.2) is 68.1 Å². The van der Waals surface area contributed by atoms with Gasteiger partial charge in [-0.15, -0.1) is 0 Å². The second-order valence-corrected chi connectivity index (χ2v) is 11.3. The van der Waals surface area contributed by atoms with Gasteiger partial charge in [0.15, 0.2) is 11.5 Å².